The van der Waals surface area contributed by atoms with E-state index < -0.39 is 21.0 Å². The maximum Gasteiger partial charge on any atom is 0.346 e. The van der Waals surface area contributed by atoms with E-state index in [4.69, 9.17) is 4.42 Å². The Hall–Kier alpha value is -1.73. The minimum absolute atomic E-state index is 0.186. The van der Waals surface area contributed by atoms with Gasteiger partial charge in [-0.1, -0.05) is 109 Å². The zero-order valence-corrected chi connectivity index (χ0v) is 20.2. The summed E-state index contributed by atoms with van der Waals surface area (Å²) in [5.41, 5.74) is -0.270. The van der Waals surface area contributed by atoms with Crippen LogP contribution in [-0.4, -0.2) is 18.0 Å². The fourth-order valence-corrected chi connectivity index (χ4v) is 4.92. The van der Waals surface area contributed by atoms with E-state index in [2.05, 4.69) is 11.9 Å². The molecule has 1 aromatic carbocycles. The molecule has 0 saturated carbocycles. The monoisotopic (exact) mass is 465 g/mol. The summed E-state index contributed by atoms with van der Waals surface area (Å²) >= 11 is 0. The second kappa shape index (κ2) is 14.4. The van der Waals surface area contributed by atoms with Crippen molar-refractivity contribution in [3.8, 4) is 0 Å². The molecule has 32 heavy (non-hydrogen) atoms. The summed E-state index contributed by atoms with van der Waals surface area (Å²) in [6, 6.07) is 6.61. The lowest BCUT2D eigenvalue weighted by Gasteiger charge is -2.12. The van der Waals surface area contributed by atoms with Crippen molar-refractivity contribution in [2.45, 2.75) is 108 Å². The summed E-state index contributed by atoms with van der Waals surface area (Å²) in [5.74, 6) is -0.231. The molecule has 2 aromatic rings. The third-order valence-electron chi connectivity index (χ3n) is 6.01. The van der Waals surface area contributed by atoms with E-state index in [-0.39, 0.29) is 12.3 Å². The Morgan fingerprint density at radius 3 is 1.88 bits per heavy atom. The SMILES string of the molecule is CCCCCCCCCCCCCCCCC(c1nc2ccccc2c(=O)o1)S(=O)(=O)O. The van der Waals surface area contributed by atoms with Gasteiger partial charge >= 0.3 is 5.63 Å². The van der Waals surface area contributed by atoms with E-state index >= 15 is 0 Å². The molecule has 0 saturated heterocycles. The second-order valence-corrected chi connectivity index (χ2v) is 10.3. The van der Waals surface area contributed by atoms with E-state index in [0.29, 0.717) is 17.3 Å². The summed E-state index contributed by atoms with van der Waals surface area (Å²) in [7, 11) is -4.42. The van der Waals surface area contributed by atoms with Gasteiger partial charge in [-0.3, -0.25) is 4.55 Å². The summed E-state index contributed by atoms with van der Waals surface area (Å²) in [6.07, 6.45) is 17.1. The predicted molar refractivity (Wildman–Crippen MR) is 129 cm³/mol. The van der Waals surface area contributed by atoms with E-state index in [1.54, 1.807) is 24.3 Å². The lowest BCUT2D eigenvalue weighted by molar-refractivity contribution is 0.396. The number of benzene rings is 1. The number of fused-ring (bicyclic) bond motifs is 1. The molecule has 7 heteroatoms. The van der Waals surface area contributed by atoms with Gasteiger partial charge in [-0.05, 0) is 18.6 Å². The standard InChI is InChI=1S/C25H39NO5S/c1-2-3-4-5-6-7-8-9-10-11-12-13-14-15-20-23(32(28,29)30)24-26-22-19-17-16-18-21(22)25(27)31-24/h16-19,23H,2-15,20H2,1H3,(H,28,29,30). The van der Waals surface area contributed by atoms with Crippen LogP contribution in [0.4, 0.5) is 0 Å². The number of aromatic nitrogens is 1. The molecule has 0 amide bonds. The van der Waals surface area contributed by atoms with Crippen molar-refractivity contribution in [1.82, 2.24) is 4.98 Å². The smallest absolute Gasteiger partial charge is 0.346 e. The molecular weight excluding hydrogens is 426 g/mol. The lowest BCUT2D eigenvalue weighted by atomic mass is 10.0. The van der Waals surface area contributed by atoms with Crippen molar-refractivity contribution in [3.05, 3.63) is 40.6 Å². The van der Waals surface area contributed by atoms with Crippen molar-refractivity contribution in [2.24, 2.45) is 0 Å². The molecule has 6 nitrogen and oxygen atoms in total. The molecule has 0 aliphatic rings. The molecule has 1 N–H and O–H groups in total. The minimum Gasteiger partial charge on any atom is -0.406 e. The number of unbranched alkanes of at least 4 members (excludes halogenated alkanes) is 13. The first-order valence-electron chi connectivity index (χ1n) is 12.3. The first-order valence-corrected chi connectivity index (χ1v) is 13.8. The third kappa shape index (κ3) is 9.41. The van der Waals surface area contributed by atoms with Crippen LogP contribution >= 0.6 is 0 Å². The molecule has 2 rings (SSSR count). The van der Waals surface area contributed by atoms with Gasteiger partial charge in [-0.25, -0.2) is 9.78 Å². The zero-order chi connectivity index (χ0) is 23.2. The molecule has 180 valence electrons. The average Bonchev–Trinajstić information content (AvgIpc) is 2.75. The predicted octanol–water partition coefficient (Wildman–Crippen LogP) is 6.99. The highest BCUT2D eigenvalue weighted by atomic mass is 32.2. The Morgan fingerprint density at radius 2 is 1.34 bits per heavy atom. The van der Waals surface area contributed by atoms with Crippen LogP contribution < -0.4 is 5.63 Å². The zero-order valence-electron chi connectivity index (χ0n) is 19.4. The average molecular weight is 466 g/mol. The van der Waals surface area contributed by atoms with Gasteiger partial charge in [-0.2, -0.15) is 8.42 Å². The molecule has 0 spiro atoms. The normalized spacial score (nSPS) is 12.9. The Kier molecular flexibility index (Phi) is 12.0. The van der Waals surface area contributed by atoms with Crippen molar-refractivity contribution >= 4 is 21.0 Å². The first kappa shape index (κ1) is 26.5. The number of hydrogen-bond donors (Lipinski definition) is 1. The molecule has 0 aliphatic heterocycles. The van der Waals surface area contributed by atoms with E-state index in [9.17, 15) is 17.8 Å². The highest BCUT2D eigenvalue weighted by Gasteiger charge is 2.29. The van der Waals surface area contributed by atoms with Gasteiger partial charge in [-0.15, -0.1) is 0 Å². The van der Waals surface area contributed by atoms with Crippen molar-refractivity contribution in [2.75, 3.05) is 0 Å². The van der Waals surface area contributed by atoms with E-state index in [0.717, 1.165) is 19.3 Å². The van der Waals surface area contributed by atoms with Gasteiger partial charge in [0.1, 0.15) is 0 Å². The highest BCUT2D eigenvalue weighted by molar-refractivity contribution is 7.86. The maximum absolute atomic E-state index is 12.1. The van der Waals surface area contributed by atoms with Gasteiger partial charge < -0.3 is 4.42 Å². The number of nitrogens with zero attached hydrogens (tertiary/aromatic N) is 1. The molecule has 1 aromatic heterocycles. The van der Waals surface area contributed by atoms with Gasteiger partial charge in [0, 0.05) is 0 Å². The number of rotatable bonds is 17. The van der Waals surface area contributed by atoms with Crippen LogP contribution in [0.15, 0.2) is 33.5 Å². The van der Waals surface area contributed by atoms with Gasteiger partial charge in [0.05, 0.1) is 10.9 Å². The summed E-state index contributed by atoms with van der Waals surface area (Å²) < 4.78 is 38.6. The minimum atomic E-state index is -4.42. The Balaban J connectivity index is 1.67. The Labute approximate surface area is 192 Å². The Bertz CT molecular complexity index is 954. The van der Waals surface area contributed by atoms with E-state index in [1.807, 2.05) is 0 Å². The lowest BCUT2D eigenvalue weighted by Crippen LogP contribution is -2.16. The second-order valence-electron chi connectivity index (χ2n) is 8.75. The molecule has 1 unspecified atom stereocenters. The molecule has 1 heterocycles. The summed E-state index contributed by atoms with van der Waals surface area (Å²) in [5, 5.41) is -1.01. The number of hydrogen-bond acceptors (Lipinski definition) is 5. The number of para-hydroxylation sites is 1. The topological polar surface area (TPSA) is 97.5 Å². The molecule has 0 radical (unpaired) electrons. The summed E-state index contributed by atoms with van der Waals surface area (Å²) in [4.78, 5) is 16.3. The van der Waals surface area contributed by atoms with Gasteiger partial charge in [0.25, 0.3) is 10.1 Å². The Morgan fingerprint density at radius 1 is 0.844 bits per heavy atom. The van der Waals surface area contributed by atoms with Gasteiger partial charge in [0.2, 0.25) is 5.89 Å². The molecule has 0 fully saturated rings. The fourth-order valence-electron chi connectivity index (χ4n) is 4.10. The van der Waals surface area contributed by atoms with Gasteiger partial charge in [0.15, 0.2) is 5.25 Å². The maximum atomic E-state index is 12.1. The van der Waals surface area contributed by atoms with Crippen molar-refractivity contribution in [1.29, 1.82) is 0 Å². The van der Waals surface area contributed by atoms with Crippen LogP contribution in [-0.2, 0) is 10.1 Å². The quantitative estimate of drug-likeness (QED) is 0.200. The molecular formula is C25H39NO5S. The van der Waals surface area contributed by atoms with E-state index in [1.165, 1.54) is 64.2 Å². The molecule has 1 atom stereocenters. The fraction of sp³-hybridized carbons (Fsp3) is 0.680. The largest absolute Gasteiger partial charge is 0.406 e. The third-order valence-corrected chi connectivity index (χ3v) is 7.16. The van der Waals surface area contributed by atoms with Crippen LogP contribution in [0.25, 0.3) is 10.9 Å². The molecule has 0 bridgehead atoms. The van der Waals surface area contributed by atoms with Crippen LogP contribution in [0.1, 0.15) is 114 Å². The molecule has 0 aliphatic carbocycles. The van der Waals surface area contributed by atoms with Crippen LogP contribution in [0.2, 0.25) is 0 Å². The van der Waals surface area contributed by atoms with Crippen molar-refractivity contribution < 1.29 is 17.4 Å². The van der Waals surface area contributed by atoms with Crippen LogP contribution in [0.3, 0.4) is 0 Å². The van der Waals surface area contributed by atoms with Crippen LogP contribution in [0, 0.1) is 0 Å². The first-order chi connectivity index (χ1) is 15.4. The van der Waals surface area contributed by atoms with Crippen LogP contribution in [0.5, 0.6) is 0 Å². The highest BCUT2D eigenvalue weighted by Crippen LogP contribution is 2.27. The summed E-state index contributed by atoms with van der Waals surface area (Å²) in [6.45, 7) is 2.24. The van der Waals surface area contributed by atoms with Crippen molar-refractivity contribution in [3.63, 3.8) is 0 Å².